The van der Waals surface area contributed by atoms with E-state index in [1.165, 1.54) is 12.1 Å². The Labute approximate surface area is 179 Å². The number of hydrogen-bond acceptors (Lipinski definition) is 5. The number of nitrogens with zero attached hydrogens (tertiary/aromatic N) is 3. The molecule has 3 aromatic rings. The number of aryl methyl sites for hydroxylation is 1. The highest BCUT2D eigenvalue weighted by atomic mass is 35.5. The van der Waals surface area contributed by atoms with Gasteiger partial charge in [0.05, 0.1) is 5.69 Å². The van der Waals surface area contributed by atoms with Gasteiger partial charge in [-0.2, -0.15) is 0 Å². The molecule has 30 heavy (non-hydrogen) atoms. The van der Waals surface area contributed by atoms with E-state index < -0.39 is 6.04 Å². The van der Waals surface area contributed by atoms with Crippen LogP contribution < -0.4 is 10.6 Å². The SMILES string of the molecule is Cc1nc(-c2ccccn2)nc(NC(C(=O)NCc2ccc(F)cc2)C(C)C)c1Cl. The van der Waals surface area contributed by atoms with E-state index in [1.807, 2.05) is 32.0 Å². The van der Waals surface area contributed by atoms with Gasteiger partial charge in [0.15, 0.2) is 5.82 Å². The van der Waals surface area contributed by atoms with Crippen molar-refractivity contribution in [1.29, 1.82) is 0 Å². The number of carbonyl (C=O) groups is 1. The first-order valence-electron chi connectivity index (χ1n) is 9.59. The average molecular weight is 428 g/mol. The summed E-state index contributed by atoms with van der Waals surface area (Å²) in [5, 5.41) is 6.39. The van der Waals surface area contributed by atoms with Crippen LogP contribution in [-0.2, 0) is 11.3 Å². The summed E-state index contributed by atoms with van der Waals surface area (Å²) in [6, 6.07) is 10.9. The molecule has 156 valence electrons. The van der Waals surface area contributed by atoms with Crippen molar-refractivity contribution in [1.82, 2.24) is 20.3 Å². The van der Waals surface area contributed by atoms with E-state index in [9.17, 15) is 9.18 Å². The summed E-state index contributed by atoms with van der Waals surface area (Å²) >= 11 is 6.42. The fraction of sp³-hybridized carbons (Fsp3) is 0.273. The van der Waals surface area contributed by atoms with Gasteiger partial charge in [-0.05, 0) is 42.7 Å². The molecule has 0 radical (unpaired) electrons. The minimum absolute atomic E-state index is 0.0390. The second-order valence-corrected chi connectivity index (χ2v) is 7.60. The quantitative estimate of drug-likeness (QED) is 0.584. The number of anilines is 1. The van der Waals surface area contributed by atoms with Crippen LogP contribution in [0.5, 0.6) is 0 Å². The first-order valence-corrected chi connectivity index (χ1v) is 9.97. The lowest BCUT2D eigenvalue weighted by atomic mass is 10.0. The van der Waals surface area contributed by atoms with Gasteiger partial charge in [-0.15, -0.1) is 0 Å². The Bertz CT molecular complexity index is 1010. The molecule has 3 rings (SSSR count). The van der Waals surface area contributed by atoms with Crippen molar-refractivity contribution in [2.24, 2.45) is 5.92 Å². The smallest absolute Gasteiger partial charge is 0.243 e. The fourth-order valence-corrected chi connectivity index (χ4v) is 2.99. The summed E-state index contributed by atoms with van der Waals surface area (Å²) in [5.74, 6) is 0.239. The highest BCUT2D eigenvalue weighted by Gasteiger charge is 2.24. The van der Waals surface area contributed by atoms with Gasteiger partial charge < -0.3 is 10.6 Å². The molecule has 0 fully saturated rings. The molecular formula is C22H23ClFN5O. The second kappa shape index (κ2) is 9.63. The zero-order valence-corrected chi connectivity index (χ0v) is 17.7. The van der Waals surface area contributed by atoms with Crippen LogP contribution in [0, 0.1) is 18.7 Å². The molecule has 8 heteroatoms. The summed E-state index contributed by atoms with van der Waals surface area (Å²) in [6.07, 6.45) is 1.66. The molecule has 1 amide bonds. The number of benzene rings is 1. The summed E-state index contributed by atoms with van der Waals surface area (Å²) in [5.41, 5.74) is 2.01. The second-order valence-electron chi connectivity index (χ2n) is 7.22. The van der Waals surface area contributed by atoms with Crippen LogP contribution in [0.3, 0.4) is 0 Å². The molecule has 6 nitrogen and oxygen atoms in total. The molecule has 1 atom stereocenters. The predicted octanol–water partition coefficient (Wildman–Crippen LogP) is 4.39. The van der Waals surface area contributed by atoms with E-state index in [2.05, 4.69) is 25.6 Å². The number of aromatic nitrogens is 3. The van der Waals surface area contributed by atoms with Crippen LogP contribution in [0.25, 0.3) is 11.5 Å². The molecular weight excluding hydrogens is 405 g/mol. The van der Waals surface area contributed by atoms with Crippen molar-refractivity contribution < 1.29 is 9.18 Å². The van der Waals surface area contributed by atoms with Gasteiger partial charge in [0.2, 0.25) is 5.91 Å². The Kier molecular flexibility index (Phi) is 6.95. The van der Waals surface area contributed by atoms with Gasteiger partial charge in [-0.25, -0.2) is 14.4 Å². The van der Waals surface area contributed by atoms with Crippen molar-refractivity contribution in [2.75, 3.05) is 5.32 Å². The van der Waals surface area contributed by atoms with Crippen LogP contribution in [0.15, 0.2) is 48.7 Å². The molecule has 0 saturated carbocycles. The number of amides is 1. The molecule has 2 N–H and O–H groups in total. The Morgan fingerprint density at radius 1 is 1.13 bits per heavy atom. The molecule has 0 aliphatic heterocycles. The zero-order chi connectivity index (χ0) is 21.7. The van der Waals surface area contributed by atoms with Crippen molar-refractivity contribution in [3.8, 4) is 11.5 Å². The number of rotatable bonds is 7. The number of nitrogens with one attached hydrogen (secondary N) is 2. The van der Waals surface area contributed by atoms with Gasteiger partial charge >= 0.3 is 0 Å². The van der Waals surface area contributed by atoms with E-state index in [4.69, 9.17) is 11.6 Å². The van der Waals surface area contributed by atoms with Crippen LogP contribution in [0.4, 0.5) is 10.2 Å². The number of hydrogen-bond donors (Lipinski definition) is 2. The lowest BCUT2D eigenvalue weighted by Gasteiger charge is -2.23. The minimum Gasteiger partial charge on any atom is -0.357 e. The van der Waals surface area contributed by atoms with Crippen LogP contribution in [0.2, 0.25) is 5.02 Å². The van der Waals surface area contributed by atoms with Gasteiger partial charge in [0.1, 0.15) is 28.4 Å². The molecule has 0 aliphatic rings. The molecule has 0 spiro atoms. The molecule has 0 bridgehead atoms. The Balaban J connectivity index is 1.79. The first-order chi connectivity index (χ1) is 14.3. The number of halogens is 2. The maximum absolute atomic E-state index is 13.1. The minimum atomic E-state index is -0.575. The molecule has 0 saturated heterocycles. The van der Waals surface area contributed by atoms with Crippen LogP contribution in [-0.4, -0.2) is 26.9 Å². The summed E-state index contributed by atoms with van der Waals surface area (Å²) in [7, 11) is 0. The Hall–Kier alpha value is -3.06. The zero-order valence-electron chi connectivity index (χ0n) is 17.0. The maximum Gasteiger partial charge on any atom is 0.243 e. The van der Waals surface area contributed by atoms with Gasteiger partial charge in [0.25, 0.3) is 0 Å². The van der Waals surface area contributed by atoms with E-state index in [0.717, 1.165) is 5.56 Å². The third kappa shape index (κ3) is 5.30. The monoisotopic (exact) mass is 427 g/mol. The summed E-state index contributed by atoms with van der Waals surface area (Å²) < 4.78 is 13.1. The Morgan fingerprint density at radius 3 is 2.50 bits per heavy atom. The van der Waals surface area contributed by atoms with Crippen LogP contribution >= 0.6 is 11.6 Å². The van der Waals surface area contributed by atoms with Gasteiger partial charge in [0, 0.05) is 12.7 Å². The normalized spacial score (nSPS) is 11.9. The number of carbonyl (C=O) groups excluding carboxylic acids is 1. The lowest BCUT2D eigenvalue weighted by molar-refractivity contribution is -0.122. The van der Waals surface area contributed by atoms with E-state index >= 15 is 0 Å². The van der Waals surface area contributed by atoms with E-state index in [-0.39, 0.29) is 17.6 Å². The standard InChI is InChI=1S/C22H23ClFN5O/c1-13(2)19(22(30)26-12-15-7-9-16(24)10-8-15)28-21-18(23)14(3)27-20(29-21)17-6-4-5-11-25-17/h4-11,13,19H,12H2,1-3H3,(H,26,30)(H,27,28,29). The fourth-order valence-electron chi connectivity index (χ4n) is 2.85. The maximum atomic E-state index is 13.1. The topological polar surface area (TPSA) is 79.8 Å². The largest absolute Gasteiger partial charge is 0.357 e. The first kappa shape index (κ1) is 21.6. The molecule has 1 unspecified atom stereocenters. The van der Waals surface area contributed by atoms with Crippen molar-refractivity contribution in [2.45, 2.75) is 33.4 Å². The highest BCUT2D eigenvalue weighted by Crippen LogP contribution is 2.27. The Morgan fingerprint density at radius 2 is 1.87 bits per heavy atom. The van der Waals surface area contributed by atoms with Gasteiger partial charge in [-0.3, -0.25) is 9.78 Å². The van der Waals surface area contributed by atoms with E-state index in [0.29, 0.717) is 34.6 Å². The lowest BCUT2D eigenvalue weighted by Crippen LogP contribution is -2.43. The molecule has 2 heterocycles. The van der Waals surface area contributed by atoms with Crippen molar-refractivity contribution in [3.63, 3.8) is 0 Å². The summed E-state index contributed by atoms with van der Waals surface area (Å²) in [4.78, 5) is 26.0. The van der Waals surface area contributed by atoms with Crippen LogP contribution in [0.1, 0.15) is 25.1 Å². The predicted molar refractivity (Wildman–Crippen MR) is 116 cm³/mol. The number of pyridine rings is 1. The van der Waals surface area contributed by atoms with Crippen molar-refractivity contribution in [3.05, 3.63) is 70.8 Å². The molecule has 0 aliphatic carbocycles. The third-order valence-corrected chi connectivity index (χ3v) is 4.98. The highest BCUT2D eigenvalue weighted by molar-refractivity contribution is 6.33. The third-order valence-electron chi connectivity index (χ3n) is 4.53. The van der Waals surface area contributed by atoms with E-state index in [1.54, 1.807) is 25.3 Å². The average Bonchev–Trinajstić information content (AvgIpc) is 2.74. The molecule has 2 aromatic heterocycles. The summed E-state index contributed by atoms with van der Waals surface area (Å²) in [6.45, 7) is 5.92. The van der Waals surface area contributed by atoms with Gasteiger partial charge in [-0.1, -0.05) is 43.6 Å². The van der Waals surface area contributed by atoms with Crippen molar-refractivity contribution >= 4 is 23.3 Å². The molecule has 1 aromatic carbocycles.